The van der Waals surface area contributed by atoms with Gasteiger partial charge in [0.1, 0.15) is 20.9 Å². The highest BCUT2D eigenvalue weighted by Crippen LogP contribution is 2.30. The summed E-state index contributed by atoms with van der Waals surface area (Å²) in [5, 5.41) is 9.73. The van der Waals surface area contributed by atoms with Gasteiger partial charge < -0.3 is 9.84 Å². The maximum Gasteiger partial charge on any atom is 0.347 e. The number of esters is 1. The molecule has 0 amide bonds. The molecule has 0 atom stereocenters. The van der Waals surface area contributed by atoms with E-state index >= 15 is 0 Å². The van der Waals surface area contributed by atoms with Gasteiger partial charge in [0.2, 0.25) is 0 Å². The molecule has 0 fully saturated rings. The number of carbonyl (C=O) groups is 1. The van der Waals surface area contributed by atoms with Gasteiger partial charge >= 0.3 is 5.97 Å². The van der Waals surface area contributed by atoms with Crippen LogP contribution in [-0.4, -0.2) is 11.1 Å². The largest absolute Gasteiger partial charge is 0.507 e. The molecule has 0 unspecified atom stereocenters. The van der Waals surface area contributed by atoms with Crippen molar-refractivity contribution in [1.82, 2.24) is 0 Å². The van der Waals surface area contributed by atoms with Gasteiger partial charge in [-0.2, -0.15) is 0 Å². The monoisotopic (exact) mass is 362 g/mol. The fraction of sp³-hybridized carbons (Fsp3) is 0.0588. The summed E-state index contributed by atoms with van der Waals surface area (Å²) < 4.78 is 6.13. The number of ether oxygens (including phenoxy) is 1. The first-order valence-electron chi connectivity index (χ1n) is 6.66. The predicted molar refractivity (Wildman–Crippen MR) is 98.8 cm³/mol. The van der Waals surface area contributed by atoms with Crippen LogP contribution in [0.2, 0.25) is 0 Å². The van der Waals surface area contributed by atoms with Crippen LogP contribution in [-0.2, 0) is 4.79 Å². The fourth-order valence-electron chi connectivity index (χ4n) is 1.75. The molecule has 0 aliphatic heterocycles. The first-order valence-corrected chi connectivity index (χ1v) is 9.22. The van der Waals surface area contributed by atoms with Crippen molar-refractivity contribution in [1.29, 1.82) is 0 Å². The second-order valence-corrected chi connectivity index (χ2v) is 7.31. The van der Waals surface area contributed by atoms with Crippen molar-refractivity contribution in [2.24, 2.45) is 0 Å². The Morgan fingerprint density at radius 3 is 2.52 bits per heavy atom. The number of carbonyl (C=O) groups excluding carboxylic acids is 1. The van der Waals surface area contributed by atoms with Crippen LogP contribution < -0.4 is 4.74 Å². The van der Waals surface area contributed by atoms with Crippen molar-refractivity contribution in [3.8, 4) is 16.2 Å². The molecule has 0 aliphatic rings. The van der Waals surface area contributed by atoms with Gasteiger partial charge in [-0.1, -0.05) is 45.6 Å². The van der Waals surface area contributed by atoms with Gasteiger partial charge in [0.15, 0.2) is 0 Å². The molecule has 0 spiro atoms. The Hall–Kier alpha value is -2.02. The summed E-state index contributed by atoms with van der Waals surface area (Å²) in [6.45, 7) is 5.15. The molecule has 0 saturated carbocycles. The zero-order valence-corrected chi connectivity index (χ0v) is 14.8. The third kappa shape index (κ3) is 4.48. The highest BCUT2D eigenvalue weighted by Gasteiger charge is 2.15. The summed E-state index contributed by atoms with van der Waals surface area (Å²) in [7, 11) is 3.16. The summed E-state index contributed by atoms with van der Waals surface area (Å²) >= 11 is 5.12. The lowest BCUT2D eigenvalue weighted by atomic mass is 10.2. The van der Waals surface area contributed by atoms with Crippen LogP contribution in [0.25, 0.3) is 10.4 Å². The Balaban J connectivity index is 2.17. The number of benzene rings is 1. The van der Waals surface area contributed by atoms with Gasteiger partial charge in [-0.15, -0.1) is 0 Å². The molecule has 2 rings (SSSR count). The van der Waals surface area contributed by atoms with Gasteiger partial charge in [-0.25, -0.2) is 4.79 Å². The lowest BCUT2D eigenvalue weighted by Gasteiger charge is -2.07. The summed E-state index contributed by atoms with van der Waals surface area (Å²) in [5.74, 6) is -0.388. The van der Waals surface area contributed by atoms with E-state index < -0.39 is 5.97 Å². The number of aliphatic hydroxyl groups excluding tert-OH is 1. The molecule has 1 N–H and O–H groups in total. The Labute approximate surface area is 146 Å². The molecular weight excluding hydrogens is 348 g/mol. The van der Waals surface area contributed by atoms with Gasteiger partial charge in [0, 0.05) is 4.88 Å². The quantitative estimate of drug-likeness (QED) is 0.141. The molecule has 2 aromatic rings. The van der Waals surface area contributed by atoms with E-state index in [2.05, 4.69) is 6.58 Å². The average molecular weight is 362 g/mol. The second kappa shape index (κ2) is 8.01. The van der Waals surface area contributed by atoms with Crippen LogP contribution in [0.4, 0.5) is 0 Å². The predicted octanol–water partition coefficient (Wildman–Crippen LogP) is 5.69. The van der Waals surface area contributed by atoms with Gasteiger partial charge in [0.05, 0.1) is 0 Å². The van der Waals surface area contributed by atoms with E-state index in [0.717, 1.165) is 14.3 Å². The zero-order valence-electron chi connectivity index (χ0n) is 12.3. The van der Waals surface area contributed by atoms with Crippen LogP contribution in [0.15, 0.2) is 66.5 Å². The van der Waals surface area contributed by atoms with Gasteiger partial charge in [-0.05, 0) is 55.0 Å². The van der Waals surface area contributed by atoms with Gasteiger partial charge in [0.25, 0.3) is 0 Å². The molecule has 3 nitrogen and oxygen atoms in total. The Bertz CT molecular complexity index is 823. The van der Waals surface area contributed by atoms with Crippen molar-refractivity contribution in [2.75, 3.05) is 0 Å². The van der Waals surface area contributed by atoms with E-state index in [9.17, 15) is 9.90 Å². The maximum absolute atomic E-state index is 12.1. The first-order chi connectivity index (χ1) is 11.0. The summed E-state index contributed by atoms with van der Waals surface area (Å²) in [6, 6.07) is 9.09. The molecule has 1 aromatic heterocycles. The van der Waals surface area contributed by atoms with Crippen LogP contribution in [0.5, 0.6) is 5.75 Å². The maximum atomic E-state index is 12.1. The van der Waals surface area contributed by atoms with E-state index in [4.69, 9.17) is 17.0 Å². The third-order valence-corrected chi connectivity index (χ3v) is 5.78. The van der Waals surface area contributed by atoms with E-state index in [1.165, 1.54) is 18.2 Å². The third-order valence-electron chi connectivity index (χ3n) is 2.87. The number of rotatable bonds is 5. The van der Waals surface area contributed by atoms with Gasteiger partial charge in [-0.3, -0.25) is 0 Å². The fourth-order valence-corrected chi connectivity index (χ4v) is 4.16. The minimum atomic E-state index is -0.639. The average Bonchev–Trinajstić information content (AvgIpc) is 2.99. The van der Waals surface area contributed by atoms with Crippen molar-refractivity contribution >= 4 is 38.9 Å². The molecule has 118 valence electrons. The second-order valence-electron chi connectivity index (χ2n) is 4.40. The normalized spacial score (nSPS) is 12.0. The zero-order chi connectivity index (χ0) is 16.8. The van der Waals surface area contributed by atoms with E-state index in [0.29, 0.717) is 5.75 Å². The van der Waals surface area contributed by atoms with E-state index in [-0.39, 0.29) is 11.3 Å². The highest BCUT2D eigenvalue weighted by atomic mass is 32.9. The molecule has 1 heterocycles. The first kappa shape index (κ1) is 17.3. The number of aliphatic hydroxyl groups is 1. The molecule has 1 aromatic carbocycles. The molecule has 0 bridgehead atoms. The SMILES string of the molecule is C=C/C=C(C(=O)Oc1ccc(-c2cc(=S)ss2)cc1)\C(O)=C/C. The minimum Gasteiger partial charge on any atom is -0.507 e. The molecule has 6 heteroatoms. The van der Waals surface area contributed by atoms with Crippen LogP contribution in [0.1, 0.15) is 6.92 Å². The lowest BCUT2D eigenvalue weighted by Crippen LogP contribution is -2.12. The Morgan fingerprint density at radius 1 is 1.30 bits per heavy atom. The van der Waals surface area contributed by atoms with Crippen molar-refractivity contribution in [2.45, 2.75) is 6.92 Å². The lowest BCUT2D eigenvalue weighted by molar-refractivity contribution is -0.130. The number of hydrogen-bond acceptors (Lipinski definition) is 6. The highest BCUT2D eigenvalue weighted by molar-refractivity contribution is 7.80. The standard InChI is InChI=1S/C17H14O3S3/c1-3-5-13(14(18)4-2)17(19)20-12-8-6-11(7-9-12)15-10-16(21)23-22-15/h3-10,18H,1H2,2H3/b13-5+,14-4+. The van der Waals surface area contributed by atoms with Crippen molar-refractivity contribution in [3.63, 3.8) is 0 Å². The minimum absolute atomic E-state index is 0.0578. The number of hydrogen-bond donors (Lipinski definition) is 1. The Morgan fingerprint density at radius 2 is 2.00 bits per heavy atom. The number of allylic oxidation sites excluding steroid dienone is 3. The molecule has 0 radical (unpaired) electrons. The van der Waals surface area contributed by atoms with Crippen molar-refractivity contribution < 1.29 is 14.6 Å². The molecule has 23 heavy (non-hydrogen) atoms. The summed E-state index contributed by atoms with van der Waals surface area (Å²) in [6.07, 6.45) is 4.25. The molecule has 0 saturated heterocycles. The van der Waals surface area contributed by atoms with E-state index in [1.807, 2.05) is 18.2 Å². The summed E-state index contributed by atoms with van der Waals surface area (Å²) in [4.78, 5) is 13.2. The Kier molecular flexibility index (Phi) is 6.04. The smallest absolute Gasteiger partial charge is 0.347 e. The van der Waals surface area contributed by atoms with Crippen LogP contribution >= 0.6 is 32.9 Å². The molecule has 0 aliphatic carbocycles. The van der Waals surface area contributed by atoms with Crippen molar-refractivity contribution in [3.05, 3.63) is 70.3 Å². The van der Waals surface area contributed by atoms with Crippen LogP contribution in [0, 0.1) is 3.82 Å². The summed E-state index contributed by atoms with van der Waals surface area (Å²) in [5.41, 5.74) is 1.07. The topological polar surface area (TPSA) is 46.5 Å². The van der Waals surface area contributed by atoms with Crippen LogP contribution in [0.3, 0.4) is 0 Å². The molecular formula is C17H14O3S3. The van der Waals surface area contributed by atoms with E-state index in [1.54, 1.807) is 39.7 Å².